The predicted octanol–water partition coefficient (Wildman–Crippen LogP) is 3.22. The monoisotopic (exact) mass is 380 g/mol. The minimum Gasteiger partial charge on any atom is -0.345 e. The zero-order chi connectivity index (χ0) is 20.3. The maximum absolute atomic E-state index is 11.9. The molecule has 1 aromatic carbocycles. The van der Waals surface area contributed by atoms with Crippen molar-refractivity contribution in [1.82, 2.24) is 15.3 Å². The zero-order valence-electron chi connectivity index (χ0n) is 17.0. The molecule has 2 N–H and O–H groups in total. The van der Waals surface area contributed by atoms with Crippen molar-refractivity contribution in [1.29, 1.82) is 0 Å². The third-order valence-electron chi connectivity index (χ3n) is 5.49. The van der Waals surface area contributed by atoms with Gasteiger partial charge in [-0.25, -0.2) is 5.43 Å². The third-order valence-corrected chi connectivity index (χ3v) is 5.49. The molecule has 148 valence electrons. The van der Waals surface area contributed by atoms with E-state index >= 15 is 0 Å². The largest absolute Gasteiger partial charge is 0.345 e. The van der Waals surface area contributed by atoms with Gasteiger partial charge in [0.25, 0.3) is 0 Å². The second-order valence-corrected chi connectivity index (χ2v) is 7.58. The molecule has 0 bridgehead atoms. The van der Waals surface area contributed by atoms with Crippen LogP contribution in [0.4, 0.5) is 0 Å². The van der Waals surface area contributed by atoms with Crippen molar-refractivity contribution in [3.63, 3.8) is 0 Å². The van der Waals surface area contributed by atoms with E-state index in [0.29, 0.717) is 0 Å². The van der Waals surface area contributed by atoms with Gasteiger partial charge in [0.15, 0.2) is 0 Å². The van der Waals surface area contributed by atoms with E-state index in [1.807, 2.05) is 19.9 Å². The number of hydrogen-bond acceptors (Lipinski definition) is 3. The molecule has 3 rings (SSSR count). The van der Waals surface area contributed by atoms with Gasteiger partial charge in [-0.3, -0.25) is 9.59 Å². The molecule has 0 radical (unpaired) electrons. The Kier molecular flexibility index (Phi) is 5.97. The lowest BCUT2D eigenvalue weighted by atomic mass is 10.1. The van der Waals surface area contributed by atoms with Crippen molar-refractivity contribution in [2.45, 2.75) is 59.4 Å². The zero-order valence-corrected chi connectivity index (χ0v) is 17.0. The number of nitrogens with zero attached hydrogens (tertiary/aromatic N) is 2. The normalized spacial score (nSPS) is 14.6. The van der Waals surface area contributed by atoms with Gasteiger partial charge in [-0.05, 0) is 69.9 Å². The van der Waals surface area contributed by atoms with Crippen LogP contribution in [0.1, 0.15) is 53.8 Å². The van der Waals surface area contributed by atoms with E-state index in [9.17, 15) is 9.59 Å². The summed E-state index contributed by atoms with van der Waals surface area (Å²) in [4.78, 5) is 23.8. The molecule has 2 amide bonds. The SMILES string of the molecule is Cc1ccc(-n2c(C)cc(/C=N\NC(=O)C(=O)NC3CCCC3)c2C)cc1C. The third kappa shape index (κ3) is 4.32. The molecule has 1 heterocycles. The lowest BCUT2D eigenvalue weighted by Crippen LogP contribution is -2.42. The van der Waals surface area contributed by atoms with E-state index in [4.69, 9.17) is 0 Å². The van der Waals surface area contributed by atoms with Gasteiger partial charge in [0.2, 0.25) is 0 Å². The summed E-state index contributed by atoms with van der Waals surface area (Å²) < 4.78 is 2.16. The number of rotatable bonds is 4. The number of hydrazone groups is 1. The van der Waals surface area contributed by atoms with Crippen molar-refractivity contribution < 1.29 is 9.59 Å². The maximum atomic E-state index is 11.9. The van der Waals surface area contributed by atoms with Gasteiger partial charge in [-0.2, -0.15) is 5.10 Å². The molecule has 0 spiro atoms. The van der Waals surface area contributed by atoms with Crippen molar-refractivity contribution in [3.8, 4) is 5.69 Å². The van der Waals surface area contributed by atoms with Crippen LogP contribution in [0.15, 0.2) is 29.4 Å². The van der Waals surface area contributed by atoms with E-state index in [1.54, 1.807) is 6.21 Å². The number of aryl methyl sites for hydroxylation is 3. The standard InChI is InChI=1S/C22H28N4O2/c1-14-9-10-20(11-15(14)2)26-16(3)12-18(17(26)4)13-23-25-22(28)21(27)24-19-7-5-6-8-19/h9-13,19H,5-8H2,1-4H3,(H,24,27)(H,25,28)/b23-13-. The van der Waals surface area contributed by atoms with Gasteiger partial charge >= 0.3 is 11.8 Å². The average molecular weight is 380 g/mol. The predicted molar refractivity (Wildman–Crippen MR) is 111 cm³/mol. The van der Waals surface area contributed by atoms with Crippen molar-refractivity contribution in [3.05, 3.63) is 52.3 Å². The summed E-state index contributed by atoms with van der Waals surface area (Å²) in [5.74, 6) is -1.35. The molecular weight excluding hydrogens is 352 g/mol. The Bertz CT molecular complexity index is 921. The molecule has 1 saturated carbocycles. The first-order chi connectivity index (χ1) is 13.4. The fourth-order valence-electron chi connectivity index (χ4n) is 3.71. The van der Waals surface area contributed by atoms with Gasteiger partial charge in [-0.15, -0.1) is 0 Å². The lowest BCUT2D eigenvalue weighted by Gasteiger charge is -2.11. The molecule has 6 heteroatoms. The van der Waals surface area contributed by atoms with Gasteiger partial charge in [0, 0.05) is 28.7 Å². The fourth-order valence-corrected chi connectivity index (χ4v) is 3.71. The molecule has 0 aliphatic heterocycles. The summed E-state index contributed by atoms with van der Waals surface area (Å²) in [5.41, 5.74) is 8.91. The fraction of sp³-hybridized carbons (Fsp3) is 0.409. The quantitative estimate of drug-likeness (QED) is 0.485. The van der Waals surface area contributed by atoms with E-state index in [0.717, 1.165) is 48.3 Å². The van der Waals surface area contributed by atoms with E-state index < -0.39 is 11.8 Å². The molecule has 6 nitrogen and oxygen atoms in total. The number of hydrogen-bond donors (Lipinski definition) is 2. The van der Waals surface area contributed by atoms with Crippen LogP contribution in [0.5, 0.6) is 0 Å². The molecule has 0 saturated heterocycles. The highest BCUT2D eigenvalue weighted by atomic mass is 16.2. The first kappa shape index (κ1) is 19.9. The van der Waals surface area contributed by atoms with Gasteiger partial charge in [0.05, 0.1) is 6.21 Å². The van der Waals surface area contributed by atoms with Crippen molar-refractivity contribution >= 4 is 18.0 Å². The molecule has 1 fully saturated rings. The Hall–Kier alpha value is -2.89. The highest BCUT2D eigenvalue weighted by Gasteiger charge is 2.21. The molecule has 1 aliphatic carbocycles. The molecule has 28 heavy (non-hydrogen) atoms. The minimum absolute atomic E-state index is 0.110. The van der Waals surface area contributed by atoms with Gasteiger partial charge in [-0.1, -0.05) is 18.9 Å². The van der Waals surface area contributed by atoms with Crippen LogP contribution in [0, 0.1) is 27.7 Å². The number of benzene rings is 1. The number of carbonyl (C=O) groups excluding carboxylic acids is 2. The molecule has 0 atom stereocenters. The van der Waals surface area contributed by atoms with Crippen LogP contribution in [-0.4, -0.2) is 28.6 Å². The summed E-state index contributed by atoms with van der Waals surface area (Å²) in [6.07, 6.45) is 5.65. The van der Waals surface area contributed by atoms with Crippen LogP contribution >= 0.6 is 0 Å². The van der Waals surface area contributed by atoms with E-state index in [2.05, 4.69) is 52.5 Å². The van der Waals surface area contributed by atoms with Gasteiger partial charge < -0.3 is 9.88 Å². The maximum Gasteiger partial charge on any atom is 0.329 e. The second-order valence-electron chi connectivity index (χ2n) is 7.58. The van der Waals surface area contributed by atoms with Crippen LogP contribution < -0.4 is 10.7 Å². The Balaban J connectivity index is 1.68. The Morgan fingerprint density at radius 1 is 1.04 bits per heavy atom. The highest BCUT2D eigenvalue weighted by molar-refractivity contribution is 6.35. The van der Waals surface area contributed by atoms with E-state index in [1.165, 1.54) is 11.1 Å². The second kappa shape index (κ2) is 8.42. The average Bonchev–Trinajstić information content (AvgIpc) is 3.25. The summed E-state index contributed by atoms with van der Waals surface area (Å²) in [6, 6.07) is 8.49. The molecular formula is C22H28N4O2. The number of carbonyl (C=O) groups is 2. The Morgan fingerprint density at radius 3 is 2.43 bits per heavy atom. The summed E-state index contributed by atoms with van der Waals surface area (Å²) in [6.45, 7) is 8.24. The summed E-state index contributed by atoms with van der Waals surface area (Å²) in [7, 11) is 0. The summed E-state index contributed by atoms with van der Waals surface area (Å²) in [5, 5.41) is 6.73. The Morgan fingerprint density at radius 2 is 1.75 bits per heavy atom. The van der Waals surface area contributed by atoms with Gasteiger partial charge in [0.1, 0.15) is 0 Å². The Labute approximate surface area is 166 Å². The van der Waals surface area contributed by atoms with E-state index in [-0.39, 0.29) is 6.04 Å². The van der Waals surface area contributed by atoms with Crippen molar-refractivity contribution in [2.24, 2.45) is 5.10 Å². The number of amides is 2. The first-order valence-corrected chi connectivity index (χ1v) is 9.77. The summed E-state index contributed by atoms with van der Waals surface area (Å²) >= 11 is 0. The molecule has 0 unspecified atom stereocenters. The number of nitrogens with one attached hydrogen (secondary N) is 2. The molecule has 1 aliphatic rings. The topological polar surface area (TPSA) is 75.5 Å². The lowest BCUT2D eigenvalue weighted by molar-refractivity contribution is -0.139. The van der Waals surface area contributed by atoms with Crippen LogP contribution in [-0.2, 0) is 9.59 Å². The first-order valence-electron chi connectivity index (χ1n) is 9.77. The minimum atomic E-state index is -0.730. The van der Waals surface area contributed by atoms with Crippen molar-refractivity contribution in [2.75, 3.05) is 0 Å². The highest BCUT2D eigenvalue weighted by Crippen LogP contribution is 2.22. The number of aromatic nitrogens is 1. The van der Waals surface area contributed by atoms with Crippen LogP contribution in [0.2, 0.25) is 0 Å². The molecule has 1 aromatic heterocycles. The smallest absolute Gasteiger partial charge is 0.329 e. The van der Waals surface area contributed by atoms with Crippen LogP contribution in [0.25, 0.3) is 5.69 Å². The molecule has 2 aromatic rings. The van der Waals surface area contributed by atoms with Crippen LogP contribution in [0.3, 0.4) is 0 Å².